The van der Waals surface area contributed by atoms with Crippen molar-refractivity contribution in [2.75, 3.05) is 7.05 Å². The fourth-order valence-corrected chi connectivity index (χ4v) is 3.52. The first-order valence-electron chi connectivity index (χ1n) is 7.95. The van der Waals surface area contributed by atoms with Crippen LogP contribution in [-0.4, -0.2) is 19.2 Å². The van der Waals surface area contributed by atoms with Crippen LogP contribution in [0.3, 0.4) is 0 Å². The molecule has 112 valence electrons. The molecule has 4 unspecified atom stereocenters. The molecule has 4 atom stereocenters. The molecular weight excluding hydrogens is 246 g/mol. The van der Waals surface area contributed by atoms with E-state index in [9.17, 15) is 0 Å². The van der Waals surface area contributed by atoms with Gasteiger partial charge in [0, 0.05) is 6.04 Å². The molecule has 1 saturated carbocycles. The Kier molecular flexibility index (Phi) is 5.09. The minimum absolute atomic E-state index is 0.274. The lowest BCUT2D eigenvalue weighted by molar-refractivity contribution is 0.0498. The Morgan fingerprint density at radius 1 is 1.15 bits per heavy atom. The van der Waals surface area contributed by atoms with Crippen molar-refractivity contribution in [2.45, 2.75) is 58.6 Å². The van der Waals surface area contributed by atoms with Gasteiger partial charge >= 0.3 is 0 Å². The van der Waals surface area contributed by atoms with Crippen molar-refractivity contribution in [3.8, 4) is 5.75 Å². The summed E-state index contributed by atoms with van der Waals surface area (Å²) in [6, 6.07) is 8.93. The Morgan fingerprint density at radius 2 is 1.85 bits per heavy atom. The van der Waals surface area contributed by atoms with Gasteiger partial charge in [0.1, 0.15) is 11.9 Å². The number of para-hydroxylation sites is 1. The molecule has 0 saturated heterocycles. The first kappa shape index (κ1) is 15.4. The second-order valence-corrected chi connectivity index (χ2v) is 6.72. The zero-order valence-corrected chi connectivity index (χ0v) is 13.5. The minimum Gasteiger partial charge on any atom is -0.488 e. The van der Waals surface area contributed by atoms with Crippen LogP contribution in [0.15, 0.2) is 24.3 Å². The monoisotopic (exact) mass is 275 g/mol. The van der Waals surface area contributed by atoms with Gasteiger partial charge in [-0.2, -0.15) is 0 Å². The molecule has 1 aromatic carbocycles. The second kappa shape index (κ2) is 6.62. The maximum Gasteiger partial charge on any atom is 0.123 e. The predicted molar refractivity (Wildman–Crippen MR) is 85.4 cm³/mol. The van der Waals surface area contributed by atoms with Crippen LogP contribution in [0, 0.1) is 11.8 Å². The van der Waals surface area contributed by atoms with Crippen molar-refractivity contribution < 1.29 is 4.74 Å². The summed E-state index contributed by atoms with van der Waals surface area (Å²) >= 11 is 0. The molecule has 1 aliphatic carbocycles. The number of rotatable bonds is 4. The fraction of sp³-hybridized carbons (Fsp3) is 0.667. The van der Waals surface area contributed by atoms with E-state index in [2.05, 4.69) is 64.3 Å². The molecule has 0 amide bonds. The molecule has 0 bridgehead atoms. The third-order valence-electron chi connectivity index (χ3n) is 4.56. The van der Waals surface area contributed by atoms with E-state index >= 15 is 0 Å². The molecule has 20 heavy (non-hydrogen) atoms. The maximum absolute atomic E-state index is 6.45. The van der Waals surface area contributed by atoms with Gasteiger partial charge in [-0.25, -0.2) is 0 Å². The van der Waals surface area contributed by atoms with Crippen LogP contribution in [0.25, 0.3) is 0 Å². The molecule has 2 nitrogen and oxygen atoms in total. The second-order valence-electron chi connectivity index (χ2n) is 6.72. The normalized spacial score (nSPS) is 30.5. The first-order chi connectivity index (χ1) is 9.52. The Balaban J connectivity index is 2.19. The summed E-state index contributed by atoms with van der Waals surface area (Å²) in [6.07, 6.45) is 2.73. The number of hydrogen-bond acceptors (Lipinski definition) is 2. The molecule has 0 aromatic heterocycles. The Labute approximate surface area is 123 Å². The highest BCUT2D eigenvalue weighted by atomic mass is 16.5. The third-order valence-corrected chi connectivity index (χ3v) is 4.56. The summed E-state index contributed by atoms with van der Waals surface area (Å²) in [5, 5.41) is 3.46. The van der Waals surface area contributed by atoms with Crippen molar-refractivity contribution in [3.05, 3.63) is 29.8 Å². The van der Waals surface area contributed by atoms with Gasteiger partial charge < -0.3 is 10.1 Å². The minimum atomic E-state index is 0.274. The van der Waals surface area contributed by atoms with E-state index in [-0.39, 0.29) is 6.10 Å². The molecule has 1 N–H and O–H groups in total. The molecule has 2 heteroatoms. The number of benzene rings is 1. The number of likely N-dealkylation sites (N-methyl/N-ethyl adjacent to an activating group) is 1. The SMILES string of the molecule is CNC1CC(C)CC(C)C1Oc1ccccc1C(C)C. The Bertz CT molecular complexity index is 429. The average Bonchev–Trinajstić information content (AvgIpc) is 2.41. The summed E-state index contributed by atoms with van der Waals surface area (Å²) in [5.74, 6) is 2.94. The molecule has 0 spiro atoms. The Hall–Kier alpha value is -1.02. The topological polar surface area (TPSA) is 21.3 Å². The van der Waals surface area contributed by atoms with Crippen LogP contribution in [-0.2, 0) is 0 Å². The molecular formula is C18H29NO. The van der Waals surface area contributed by atoms with E-state index < -0.39 is 0 Å². The number of hydrogen-bond donors (Lipinski definition) is 1. The van der Waals surface area contributed by atoms with Crippen molar-refractivity contribution in [1.82, 2.24) is 5.32 Å². The number of nitrogens with one attached hydrogen (secondary N) is 1. The lowest BCUT2D eigenvalue weighted by Gasteiger charge is -2.39. The molecule has 2 rings (SSSR count). The lowest BCUT2D eigenvalue weighted by Crippen LogP contribution is -2.49. The van der Waals surface area contributed by atoms with Gasteiger partial charge in [0.15, 0.2) is 0 Å². The fourth-order valence-electron chi connectivity index (χ4n) is 3.52. The zero-order chi connectivity index (χ0) is 14.7. The van der Waals surface area contributed by atoms with Crippen molar-refractivity contribution in [3.63, 3.8) is 0 Å². The van der Waals surface area contributed by atoms with Crippen LogP contribution >= 0.6 is 0 Å². The molecule has 0 heterocycles. The first-order valence-corrected chi connectivity index (χ1v) is 7.95. The highest BCUT2D eigenvalue weighted by Crippen LogP contribution is 2.34. The quantitative estimate of drug-likeness (QED) is 0.888. The van der Waals surface area contributed by atoms with E-state index in [1.807, 2.05) is 0 Å². The standard InChI is InChI=1S/C18H29NO/c1-12(2)15-8-6-7-9-17(15)20-18-14(4)10-13(3)11-16(18)19-5/h6-9,12-14,16,18-19H,10-11H2,1-5H3. The van der Waals surface area contributed by atoms with Gasteiger partial charge in [-0.05, 0) is 49.3 Å². The Morgan fingerprint density at radius 3 is 2.50 bits per heavy atom. The highest BCUT2D eigenvalue weighted by molar-refractivity contribution is 5.36. The van der Waals surface area contributed by atoms with Crippen molar-refractivity contribution in [1.29, 1.82) is 0 Å². The van der Waals surface area contributed by atoms with Crippen molar-refractivity contribution >= 4 is 0 Å². The van der Waals surface area contributed by atoms with Crippen molar-refractivity contribution in [2.24, 2.45) is 11.8 Å². The summed E-state index contributed by atoms with van der Waals surface area (Å²) in [4.78, 5) is 0. The van der Waals surface area contributed by atoms with E-state index in [1.165, 1.54) is 18.4 Å². The van der Waals surface area contributed by atoms with E-state index in [0.29, 0.717) is 17.9 Å². The van der Waals surface area contributed by atoms with Crippen LogP contribution in [0.4, 0.5) is 0 Å². The number of ether oxygens (including phenoxy) is 1. The van der Waals surface area contributed by atoms with Gasteiger partial charge in [0.05, 0.1) is 0 Å². The van der Waals surface area contributed by atoms with Gasteiger partial charge in [-0.1, -0.05) is 45.9 Å². The van der Waals surface area contributed by atoms with E-state index in [4.69, 9.17) is 4.74 Å². The summed E-state index contributed by atoms with van der Waals surface area (Å²) in [5.41, 5.74) is 1.31. The third kappa shape index (κ3) is 3.35. The van der Waals surface area contributed by atoms with Gasteiger partial charge in [0.2, 0.25) is 0 Å². The van der Waals surface area contributed by atoms with Gasteiger partial charge in [-0.15, -0.1) is 0 Å². The lowest BCUT2D eigenvalue weighted by atomic mass is 9.78. The molecule has 1 aromatic rings. The summed E-state index contributed by atoms with van der Waals surface area (Å²) in [6.45, 7) is 9.12. The molecule has 1 aliphatic rings. The van der Waals surface area contributed by atoms with E-state index in [0.717, 1.165) is 11.7 Å². The average molecular weight is 275 g/mol. The smallest absolute Gasteiger partial charge is 0.123 e. The van der Waals surface area contributed by atoms with Crippen LogP contribution < -0.4 is 10.1 Å². The van der Waals surface area contributed by atoms with Crippen LogP contribution in [0.1, 0.15) is 52.0 Å². The largest absolute Gasteiger partial charge is 0.488 e. The molecule has 1 fully saturated rings. The maximum atomic E-state index is 6.45. The molecule has 0 aliphatic heterocycles. The highest BCUT2D eigenvalue weighted by Gasteiger charge is 2.35. The molecule has 0 radical (unpaired) electrons. The predicted octanol–water partition coefficient (Wildman–Crippen LogP) is 4.21. The van der Waals surface area contributed by atoms with E-state index in [1.54, 1.807) is 0 Å². The van der Waals surface area contributed by atoms with Gasteiger partial charge in [-0.3, -0.25) is 0 Å². The zero-order valence-electron chi connectivity index (χ0n) is 13.5. The van der Waals surface area contributed by atoms with Crippen LogP contribution in [0.5, 0.6) is 5.75 Å². The summed E-state index contributed by atoms with van der Waals surface area (Å²) < 4.78 is 6.45. The van der Waals surface area contributed by atoms with Crippen LogP contribution in [0.2, 0.25) is 0 Å². The van der Waals surface area contributed by atoms with Gasteiger partial charge in [0.25, 0.3) is 0 Å². The summed E-state index contributed by atoms with van der Waals surface area (Å²) in [7, 11) is 2.06.